The number of anilines is 1. The predicted molar refractivity (Wildman–Crippen MR) is 77.5 cm³/mol. The maximum atomic E-state index is 5.72. The summed E-state index contributed by atoms with van der Waals surface area (Å²) in [6, 6.07) is 0.822. The standard InChI is InChI=1S/C14H26N4O2/c1-5-7-15-9-12-17-18-13(20-12)16-10-8-11(19-6-2)14(10,3)4/h10-11,15H,5-9H2,1-4H3,(H,16,18). The Labute approximate surface area is 120 Å². The fraction of sp³-hybridized carbons (Fsp3) is 0.857. The highest BCUT2D eigenvalue weighted by Gasteiger charge is 2.49. The van der Waals surface area contributed by atoms with Crippen LogP contribution >= 0.6 is 0 Å². The Morgan fingerprint density at radius 2 is 2.15 bits per heavy atom. The lowest BCUT2D eigenvalue weighted by molar-refractivity contribution is -0.0980. The Balaban J connectivity index is 1.82. The lowest BCUT2D eigenvalue weighted by atomic mass is 9.64. The summed E-state index contributed by atoms with van der Waals surface area (Å²) in [7, 11) is 0. The Hall–Kier alpha value is -1.14. The largest absolute Gasteiger partial charge is 0.407 e. The van der Waals surface area contributed by atoms with Crippen molar-refractivity contribution in [1.29, 1.82) is 0 Å². The quantitative estimate of drug-likeness (QED) is 0.712. The minimum atomic E-state index is 0.0884. The van der Waals surface area contributed by atoms with E-state index >= 15 is 0 Å². The average Bonchev–Trinajstić information content (AvgIpc) is 2.86. The van der Waals surface area contributed by atoms with Crippen LogP contribution in [0, 0.1) is 5.41 Å². The van der Waals surface area contributed by atoms with Gasteiger partial charge in [-0.1, -0.05) is 25.9 Å². The average molecular weight is 282 g/mol. The Kier molecular flexibility index (Phi) is 4.99. The summed E-state index contributed by atoms with van der Waals surface area (Å²) >= 11 is 0. The van der Waals surface area contributed by atoms with E-state index in [9.17, 15) is 0 Å². The molecule has 1 aromatic rings. The van der Waals surface area contributed by atoms with Crippen molar-refractivity contribution in [3.05, 3.63) is 5.89 Å². The van der Waals surface area contributed by atoms with Gasteiger partial charge in [0, 0.05) is 18.1 Å². The molecule has 0 spiro atoms. The molecule has 114 valence electrons. The number of rotatable bonds is 8. The van der Waals surface area contributed by atoms with Crippen LogP contribution in [0.2, 0.25) is 0 Å². The van der Waals surface area contributed by atoms with Crippen molar-refractivity contribution in [2.24, 2.45) is 5.41 Å². The monoisotopic (exact) mass is 282 g/mol. The van der Waals surface area contributed by atoms with Crippen molar-refractivity contribution < 1.29 is 9.15 Å². The van der Waals surface area contributed by atoms with Crippen LogP contribution in [0.1, 0.15) is 46.4 Å². The highest BCUT2D eigenvalue weighted by atomic mass is 16.5. The second kappa shape index (κ2) is 6.54. The maximum Gasteiger partial charge on any atom is 0.315 e. The first-order chi connectivity index (χ1) is 9.57. The van der Waals surface area contributed by atoms with Crippen LogP contribution in [0.4, 0.5) is 6.01 Å². The van der Waals surface area contributed by atoms with Gasteiger partial charge in [0.15, 0.2) is 0 Å². The Bertz CT molecular complexity index is 419. The fourth-order valence-corrected chi connectivity index (χ4v) is 2.52. The topological polar surface area (TPSA) is 72.2 Å². The maximum absolute atomic E-state index is 5.72. The van der Waals surface area contributed by atoms with Gasteiger partial charge in [-0.2, -0.15) is 0 Å². The minimum absolute atomic E-state index is 0.0884. The van der Waals surface area contributed by atoms with E-state index in [1.54, 1.807) is 0 Å². The molecule has 1 aliphatic carbocycles. The molecule has 6 heteroatoms. The third-order valence-corrected chi connectivity index (χ3v) is 4.01. The molecule has 2 unspecified atom stereocenters. The van der Waals surface area contributed by atoms with Gasteiger partial charge in [0.1, 0.15) is 0 Å². The zero-order chi connectivity index (χ0) is 14.6. The molecule has 1 saturated carbocycles. The number of ether oxygens (including phenoxy) is 1. The summed E-state index contributed by atoms with van der Waals surface area (Å²) in [5, 5.41) is 14.6. The summed E-state index contributed by atoms with van der Waals surface area (Å²) < 4.78 is 11.3. The van der Waals surface area contributed by atoms with E-state index < -0.39 is 0 Å². The normalized spacial score (nSPS) is 24.4. The fourth-order valence-electron chi connectivity index (χ4n) is 2.52. The van der Waals surface area contributed by atoms with E-state index in [0.29, 0.717) is 30.6 Å². The molecular formula is C14H26N4O2. The number of hydrogen-bond acceptors (Lipinski definition) is 6. The summed E-state index contributed by atoms with van der Waals surface area (Å²) in [4.78, 5) is 0. The molecule has 0 saturated heterocycles. The molecule has 2 atom stereocenters. The molecule has 0 aromatic carbocycles. The molecule has 20 heavy (non-hydrogen) atoms. The molecule has 0 radical (unpaired) electrons. The number of nitrogens with zero attached hydrogens (tertiary/aromatic N) is 2. The van der Waals surface area contributed by atoms with E-state index in [2.05, 4.69) is 41.6 Å². The third-order valence-electron chi connectivity index (χ3n) is 4.01. The van der Waals surface area contributed by atoms with Gasteiger partial charge in [0.05, 0.1) is 12.6 Å². The molecular weight excluding hydrogens is 256 g/mol. The Morgan fingerprint density at radius 3 is 2.80 bits per heavy atom. The van der Waals surface area contributed by atoms with Crippen LogP contribution in [-0.2, 0) is 11.3 Å². The van der Waals surface area contributed by atoms with Crippen molar-refractivity contribution in [1.82, 2.24) is 15.5 Å². The van der Waals surface area contributed by atoms with Crippen LogP contribution in [0.3, 0.4) is 0 Å². The molecule has 0 bridgehead atoms. The zero-order valence-electron chi connectivity index (χ0n) is 12.9. The molecule has 2 rings (SSSR count). The molecule has 0 aliphatic heterocycles. The van der Waals surface area contributed by atoms with Gasteiger partial charge in [0.25, 0.3) is 0 Å². The minimum Gasteiger partial charge on any atom is -0.407 e. The highest BCUT2D eigenvalue weighted by molar-refractivity contribution is 5.25. The first kappa shape index (κ1) is 15.3. The van der Waals surface area contributed by atoms with Crippen molar-refractivity contribution in [3.8, 4) is 0 Å². The van der Waals surface area contributed by atoms with Gasteiger partial charge >= 0.3 is 6.01 Å². The first-order valence-corrected chi connectivity index (χ1v) is 7.49. The van der Waals surface area contributed by atoms with Crippen molar-refractivity contribution >= 4 is 6.01 Å². The molecule has 2 N–H and O–H groups in total. The van der Waals surface area contributed by atoms with Gasteiger partial charge in [-0.05, 0) is 26.3 Å². The lowest BCUT2D eigenvalue weighted by Gasteiger charge is -2.51. The number of nitrogens with one attached hydrogen (secondary N) is 2. The van der Waals surface area contributed by atoms with Crippen molar-refractivity contribution in [2.45, 2.75) is 59.2 Å². The van der Waals surface area contributed by atoms with Crippen LogP contribution < -0.4 is 10.6 Å². The van der Waals surface area contributed by atoms with E-state index in [4.69, 9.17) is 9.15 Å². The second-order valence-electron chi connectivity index (χ2n) is 5.88. The Morgan fingerprint density at radius 1 is 1.35 bits per heavy atom. The van der Waals surface area contributed by atoms with Crippen molar-refractivity contribution in [3.63, 3.8) is 0 Å². The van der Waals surface area contributed by atoms with Gasteiger partial charge < -0.3 is 19.8 Å². The molecule has 0 amide bonds. The molecule has 1 heterocycles. The van der Waals surface area contributed by atoms with Crippen LogP contribution in [0.5, 0.6) is 0 Å². The summed E-state index contributed by atoms with van der Waals surface area (Å²) in [6.45, 7) is 10.9. The van der Waals surface area contributed by atoms with Crippen LogP contribution in [0.15, 0.2) is 4.42 Å². The summed E-state index contributed by atoms with van der Waals surface area (Å²) in [6.07, 6.45) is 2.37. The summed E-state index contributed by atoms with van der Waals surface area (Å²) in [5.41, 5.74) is 0.0884. The van der Waals surface area contributed by atoms with Crippen LogP contribution in [-0.4, -0.2) is 35.5 Å². The SMILES string of the molecule is CCCNCc1nnc(NC2CC(OCC)C2(C)C)o1. The molecule has 1 fully saturated rings. The van der Waals surface area contributed by atoms with E-state index in [1.807, 2.05) is 6.92 Å². The second-order valence-corrected chi connectivity index (χ2v) is 5.88. The van der Waals surface area contributed by atoms with Gasteiger partial charge in [-0.3, -0.25) is 0 Å². The molecule has 1 aliphatic rings. The van der Waals surface area contributed by atoms with E-state index in [1.165, 1.54) is 0 Å². The van der Waals surface area contributed by atoms with E-state index in [-0.39, 0.29) is 5.41 Å². The highest BCUT2D eigenvalue weighted by Crippen LogP contribution is 2.44. The predicted octanol–water partition coefficient (Wildman–Crippen LogP) is 2.18. The number of aromatic nitrogens is 2. The van der Waals surface area contributed by atoms with E-state index in [0.717, 1.165) is 26.0 Å². The van der Waals surface area contributed by atoms with Gasteiger partial charge in [0.2, 0.25) is 5.89 Å². The lowest BCUT2D eigenvalue weighted by Crippen LogP contribution is -2.58. The van der Waals surface area contributed by atoms with Gasteiger partial charge in [-0.15, -0.1) is 5.10 Å². The summed E-state index contributed by atoms with van der Waals surface area (Å²) in [5.74, 6) is 0.624. The smallest absolute Gasteiger partial charge is 0.315 e. The zero-order valence-corrected chi connectivity index (χ0v) is 12.9. The molecule has 6 nitrogen and oxygen atoms in total. The first-order valence-electron chi connectivity index (χ1n) is 7.49. The van der Waals surface area contributed by atoms with Crippen molar-refractivity contribution in [2.75, 3.05) is 18.5 Å². The van der Waals surface area contributed by atoms with Gasteiger partial charge in [-0.25, -0.2) is 0 Å². The van der Waals surface area contributed by atoms with Crippen LogP contribution in [0.25, 0.3) is 0 Å². The third kappa shape index (κ3) is 3.30. The number of hydrogen-bond donors (Lipinski definition) is 2. The molecule has 1 aromatic heterocycles.